The summed E-state index contributed by atoms with van der Waals surface area (Å²) in [4.78, 5) is 10.3. The Bertz CT molecular complexity index is 387. The van der Waals surface area contributed by atoms with Gasteiger partial charge in [0.25, 0.3) is 0 Å². The Morgan fingerprint density at radius 2 is 1.94 bits per heavy atom. The molecule has 18 heavy (non-hydrogen) atoms. The number of aliphatic carboxylic acids is 1. The van der Waals surface area contributed by atoms with Gasteiger partial charge in [-0.2, -0.15) is 0 Å². The minimum absolute atomic E-state index is 0.244. The van der Waals surface area contributed by atoms with Crippen LogP contribution in [-0.2, 0) is 11.2 Å². The minimum Gasteiger partial charge on any atom is -0.508 e. The molecular weight excluding hydrogens is 232 g/mol. The van der Waals surface area contributed by atoms with Crippen LogP contribution in [0.15, 0.2) is 18.2 Å². The summed E-state index contributed by atoms with van der Waals surface area (Å²) in [6.07, 6.45) is 4.64. The van der Waals surface area contributed by atoms with Gasteiger partial charge in [-0.1, -0.05) is 18.9 Å². The summed E-state index contributed by atoms with van der Waals surface area (Å²) in [6, 6.07) is 5.31. The Kier molecular flexibility index (Phi) is 6.05. The molecule has 0 aliphatic heterocycles. The van der Waals surface area contributed by atoms with E-state index in [-0.39, 0.29) is 12.2 Å². The van der Waals surface area contributed by atoms with Crippen molar-refractivity contribution < 1.29 is 19.7 Å². The molecule has 0 fully saturated rings. The molecule has 0 atom stereocenters. The zero-order valence-electron chi connectivity index (χ0n) is 10.7. The van der Waals surface area contributed by atoms with E-state index in [1.165, 1.54) is 0 Å². The first-order valence-electron chi connectivity index (χ1n) is 6.21. The molecule has 0 aliphatic rings. The van der Waals surface area contributed by atoms with Gasteiger partial charge in [-0.15, -0.1) is 0 Å². The molecule has 0 aromatic heterocycles. The fourth-order valence-electron chi connectivity index (χ4n) is 1.83. The van der Waals surface area contributed by atoms with Crippen LogP contribution in [0.25, 0.3) is 0 Å². The van der Waals surface area contributed by atoms with Gasteiger partial charge in [-0.05, 0) is 30.9 Å². The van der Waals surface area contributed by atoms with Crippen LogP contribution in [0.4, 0.5) is 0 Å². The number of ether oxygens (including phenoxy) is 1. The maximum Gasteiger partial charge on any atom is 0.303 e. The van der Waals surface area contributed by atoms with Crippen LogP contribution in [0.2, 0.25) is 0 Å². The molecule has 0 unspecified atom stereocenters. The third kappa shape index (κ3) is 5.08. The van der Waals surface area contributed by atoms with E-state index in [4.69, 9.17) is 9.84 Å². The largest absolute Gasteiger partial charge is 0.508 e. The lowest BCUT2D eigenvalue weighted by Crippen LogP contribution is -1.94. The van der Waals surface area contributed by atoms with Crippen LogP contribution in [0.5, 0.6) is 11.5 Å². The molecule has 0 radical (unpaired) electrons. The van der Waals surface area contributed by atoms with E-state index in [2.05, 4.69) is 0 Å². The molecule has 2 N–H and O–H groups in total. The van der Waals surface area contributed by atoms with E-state index in [1.807, 2.05) is 12.1 Å². The predicted molar refractivity (Wildman–Crippen MR) is 69.1 cm³/mol. The van der Waals surface area contributed by atoms with Crippen molar-refractivity contribution in [3.8, 4) is 11.5 Å². The van der Waals surface area contributed by atoms with Gasteiger partial charge in [-0.25, -0.2) is 0 Å². The smallest absolute Gasteiger partial charge is 0.303 e. The van der Waals surface area contributed by atoms with Gasteiger partial charge >= 0.3 is 5.97 Å². The van der Waals surface area contributed by atoms with Crippen molar-refractivity contribution in [1.29, 1.82) is 0 Å². The van der Waals surface area contributed by atoms with Crippen molar-refractivity contribution in [3.05, 3.63) is 23.8 Å². The Labute approximate surface area is 107 Å². The first-order valence-corrected chi connectivity index (χ1v) is 6.21. The molecule has 0 bridgehead atoms. The van der Waals surface area contributed by atoms with Crippen LogP contribution >= 0.6 is 0 Å². The normalized spacial score (nSPS) is 10.3. The molecule has 0 heterocycles. The lowest BCUT2D eigenvalue weighted by molar-refractivity contribution is -0.137. The standard InChI is InChI=1S/C14H20O4/c1-18-12-9-8-11(13(15)10-12)6-4-2-3-5-7-14(16)17/h8-10,15H,2-7H2,1H3,(H,16,17). The summed E-state index contributed by atoms with van der Waals surface area (Å²) in [7, 11) is 1.57. The zero-order chi connectivity index (χ0) is 13.4. The van der Waals surface area contributed by atoms with Crippen molar-refractivity contribution in [2.75, 3.05) is 7.11 Å². The lowest BCUT2D eigenvalue weighted by Gasteiger charge is -2.06. The van der Waals surface area contributed by atoms with Crippen molar-refractivity contribution in [3.63, 3.8) is 0 Å². The average molecular weight is 252 g/mol. The molecule has 0 saturated heterocycles. The van der Waals surface area contributed by atoms with Crippen LogP contribution in [0, 0.1) is 0 Å². The molecule has 0 saturated carbocycles. The van der Waals surface area contributed by atoms with Crippen LogP contribution in [0.1, 0.15) is 37.7 Å². The van der Waals surface area contributed by atoms with E-state index in [0.717, 1.165) is 37.7 Å². The first kappa shape index (κ1) is 14.4. The predicted octanol–water partition coefficient (Wildman–Crippen LogP) is 2.98. The molecule has 0 amide bonds. The van der Waals surface area contributed by atoms with Gasteiger partial charge in [0.05, 0.1) is 7.11 Å². The minimum atomic E-state index is -0.734. The molecule has 0 spiro atoms. The van der Waals surface area contributed by atoms with Crippen LogP contribution < -0.4 is 4.74 Å². The number of carboxylic acids is 1. The van der Waals surface area contributed by atoms with E-state index in [0.29, 0.717) is 5.75 Å². The number of phenolic OH excluding ortho intramolecular Hbond substituents is 1. The van der Waals surface area contributed by atoms with Crippen LogP contribution in [0.3, 0.4) is 0 Å². The highest BCUT2D eigenvalue weighted by Crippen LogP contribution is 2.24. The number of aryl methyl sites for hydroxylation is 1. The molecule has 1 rings (SSSR count). The van der Waals surface area contributed by atoms with Crippen molar-refractivity contribution in [2.45, 2.75) is 38.5 Å². The Hall–Kier alpha value is -1.71. The lowest BCUT2D eigenvalue weighted by atomic mass is 10.0. The molecular formula is C14H20O4. The van der Waals surface area contributed by atoms with Gasteiger partial charge in [0.15, 0.2) is 0 Å². The number of hydrogen-bond acceptors (Lipinski definition) is 3. The topological polar surface area (TPSA) is 66.8 Å². The first-order chi connectivity index (χ1) is 8.63. The van der Waals surface area contributed by atoms with Crippen LogP contribution in [-0.4, -0.2) is 23.3 Å². The number of carbonyl (C=O) groups is 1. The number of hydrogen-bond donors (Lipinski definition) is 2. The van der Waals surface area contributed by atoms with Crippen molar-refractivity contribution >= 4 is 5.97 Å². The number of carboxylic acid groups (broad SMARTS) is 1. The Morgan fingerprint density at radius 3 is 2.56 bits per heavy atom. The van der Waals surface area contributed by atoms with Crippen molar-refractivity contribution in [1.82, 2.24) is 0 Å². The van der Waals surface area contributed by atoms with Gasteiger partial charge in [-0.3, -0.25) is 4.79 Å². The molecule has 100 valence electrons. The quantitative estimate of drug-likeness (QED) is 0.698. The number of aromatic hydroxyl groups is 1. The molecule has 1 aromatic rings. The summed E-state index contributed by atoms with van der Waals surface area (Å²) in [5.41, 5.74) is 0.911. The summed E-state index contributed by atoms with van der Waals surface area (Å²) < 4.78 is 5.01. The summed E-state index contributed by atoms with van der Waals surface area (Å²) in [5, 5.41) is 18.2. The summed E-state index contributed by atoms with van der Waals surface area (Å²) in [5.74, 6) is 0.181. The summed E-state index contributed by atoms with van der Waals surface area (Å²) in [6.45, 7) is 0. The van der Waals surface area contributed by atoms with Crippen molar-refractivity contribution in [2.24, 2.45) is 0 Å². The van der Waals surface area contributed by atoms with Gasteiger partial charge in [0, 0.05) is 12.5 Å². The number of methoxy groups -OCH3 is 1. The second kappa shape index (κ2) is 7.58. The number of phenols is 1. The molecule has 4 heteroatoms. The Balaban J connectivity index is 2.25. The van der Waals surface area contributed by atoms with Gasteiger partial charge < -0.3 is 14.9 Å². The number of rotatable bonds is 8. The van der Waals surface area contributed by atoms with Gasteiger partial charge in [0.2, 0.25) is 0 Å². The highest BCUT2D eigenvalue weighted by atomic mass is 16.5. The van der Waals surface area contributed by atoms with E-state index < -0.39 is 5.97 Å². The monoisotopic (exact) mass is 252 g/mol. The molecule has 0 aliphatic carbocycles. The summed E-state index contributed by atoms with van der Waals surface area (Å²) >= 11 is 0. The molecule has 1 aromatic carbocycles. The fraction of sp³-hybridized carbons (Fsp3) is 0.500. The number of benzene rings is 1. The average Bonchev–Trinajstić information content (AvgIpc) is 2.34. The van der Waals surface area contributed by atoms with E-state index in [1.54, 1.807) is 13.2 Å². The van der Waals surface area contributed by atoms with E-state index >= 15 is 0 Å². The highest BCUT2D eigenvalue weighted by molar-refractivity contribution is 5.66. The number of unbranched alkanes of at least 4 members (excludes halogenated alkanes) is 3. The third-order valence-corrected chi connectivity index (χ3v) is 2.88. The maximum atomic E-state index is 10.3. The second-order valence-corrected chi connectivity index (χ2v) is 4.30. The van der Waals surface area contributed by atoms with Gasteiger partial charge in [0.1, 0.15) is 11.5 Å². The maximum absolute atomic E-state index is 10.3. The third-order valence-electron chi connectivity index (χ3n) is 2.88. The van der Waals surface area contributed by atoms with E-state index in [9.17, 15) is 9.90 Å². The highest BCUT2D eigenvalue weighted by Gasteiger charge is 2.03. The molecule has 4 nitrogen and oxygen atoms in total. The second-order valence-electron chi connectivity index (χ2n) is 4.30. The zero-order valence-corrected chi connectivity index (χ0v) is 10.7. The fourth-order valence-corrected chi connectivity index (χ4v) is 1.83. The SMILES string of the molecule is COc1ccc(CCCCCCC(=O)O)c(O)c1. The Morgan fingerprint density at radius 1 is 1.22 bits per heavy atom.